The van der Waals surface area contributed by atoms with Gasteiger partial charge in [0.15, 0.2) is 6.10 Å². The standard InChI is InChI=1S/C17H25N3O4S/c1-10-5-6-11(2)14(9-10)19-15(21)12(3)24-16(22)13(7-8-25-4)20-17(18)23/h5-6,9,12-13H,7-8H2,1-4H3,(H,19,21)(H3,18,20,23)/t12-,13+/m1/s1. The number of ether oxygens (including phenoxy) is 1. The summed E-state index contributed by atoms with van der Waals surface area (Å²) in [5.41, 5.74) is 7.67. The monoisotopic (exact) mass is 367 g/mol. The van der Waals surface area contributed by atoms with E-state index in [0.717, 1.165) is 11.1 Å². The van der Waals surface area contributed by atoms with Gasteiger partial charge in [-0.05, 0) is 56.4 Å². The molecular formula is C17H25N3O4S. The van der Waals surface area contributed by atoms with Crippen molar-refractivity contribution < 1.29 is 19.1 Å². The van der Waals surface area contributed by atoms with Crippen molar-refractivity contribution in [3.8, 4) is 0 Å². The van der Waals surface area contributed by atoms with Crippen molar-refractivity contribution in [2.75, 3.05) is 17.3 Å². The summed E-state index contributed by atoms with van der Waals surface area (Å²) in [6.07, 6.45) is 1.25. The number of esters is 1. The molecule has 2 atom stereocenters. The Morgan fingerprint density at radius 1 is 1.28 bits per heavy atom. The summed E-state index contributed by atoms with van der Waals surface area (Å²) in [7, 11) is 0. The van der Waals surface area contributed by atoms with Gasteiger partial charge in [-0.3, -0.25) is 4.79 Å². The van der Waals surface area contributed by atoms with Crippen LogP contribution < -0.4 is 16.4 Å². The number of primary amides is 1. The molecule has 0 bridgehead atoms. The number of carbonyl (C=O) groups is 3. The van der Waals surface area contributed by atoms with E-state index in [-0.39, 0.29) is 0 Å². The highest BCUT2D eigenvalue weighted by Crippen LogP contribution is 2.17. The van der Waals surface area contributed by atoms with Gasteiger partial charge in [-0.15, -0.1) is 0 Å². The van der Waals surface area contributed by atoms with Crippen molar-refractivity contribution in [1.29, 1.82) is 0 Å². The van der Waals surface area contributed by atoms with E-state index in [1.54, 1.807) is 0 Å². The number of hydrogen-bond donors (Lipinski definition) is 3. The van der Waals surface area contributed by atoms with Crippen LogP contribution in [0.15, 0.2) is 18.2 Å². The van der Waals surface area contributed by atoms with Crippen LogP contribution in [-0.4, -0.2) is 42.1 Å². The SMILES string of the molecule is CSCC[C@H](NC(N)=O)C(=O)O[C@H](C)C(=O)Nc1cc(C)ccc1C. The number of rotatable bonds is 8. The summed E-state index contributed by atoms with van der Waals surface area (Å²) < 4.78 is 5.18. The molecule has 3 amide bonds. The molecule has 0 saturated carbocycles. The van der Waals surface area contributed by atoms with Crippen LogP contribution >= 0.6 is 11.8 Å². The fraction of sp³-hybridized carbons (Fsp3) is 0.471. The summed E-state index contributed by atoms with van der Waals surface area (Å²) in [4.78, 5) is 35.5. The molecule has 0 saturated heterocycles. The largest absolute Gasteiger partial charge is 0.451 e. The van der Waals surface area contributed by atoms with Crippen LogP contribution in [-0.2, 0) is 14.3 Å². The predicted octanol–water partition coefficient (Wildman–Crippen LogP) is 1.96. The fourth-order valence-electron chi connectivity index (χ4n) is 2.07. The molecule has 25 heavy (non-hydrogen) atoms. The van der Waals surface area contributed by atoms with Gasteiger partial charge in [-0.25, -0.2) is 9.59 Å². The summed E-state index contributed by atoms with van der Waals surface area (Å²) in [6, 6.07) is 4.01. The first-order chi connectivity index (χ1) is 11.7. The van der Waals surface area contributed by atoms with Gasteiger partial charge >= 0.3 is 12.0 Å². The molecule has 7 nitrogen and oxygen atoms in total. The summed E-state index contributed by atoms with van der Waals surface area (Å²) in [5.74, 6) is -0.482. The van der Waals surface area contributed by atoms with Gasteiger partial charge in [-0.1, -0.05) is 12.1 Å². The minimum absolute atomic E-state index is 0.369. The smallest absolute Gasteiger partial charge is 0.329 e. The molecule has 0 aliphatic rings. The number of urea groups is 1. The van der Waals surface area contributed by atoms with Gasteiger partial charge in [0, 0.05) is 5.69 Å². The highest BCUT2D eigenvalue weighted by Gasteiger charge is 2.25. The Morgan fingerprint density at radius 2 is 1.96 bits per heavy atom. The van der Waals surface area contributed by atoms with Gasteiger partial charge in [-0.2, -0.15) is 11.8 Å². The lowest BCUT2D eigenvalue weighted by molar-refractivity contribution is -0.155. The third-order valence-corrected chi connectivity index (χ3v) is 4.17. The zero-order valence-corrected chi connectivity index (χ0v) is 15.7. The van der Waals surface area contributed by atoms with Crippen LogP contribution in [0.4, 0.5) is 10.5 Å². The fourth-order valence-corrected chi connectivity index (χ4v) is 2.54. The van der Waals surface area contributed by atoms with Crippen molar-refractivity contribution in [2.45, 2.75) is 39.3 Å². The van der Waals surface area contributed by atoms with Gasteiger partial charge in [0.25, 0.3) is 5.91 Å². The van der Waals surface area contributed by atoms with E-state index in [0.29, 0.717) is 17.9 Å². The number of benzene rings is 1. The predicted molar refractivity (Wildman–Crippen MR) is 99.6 cm³/mol. The Kier molecular flexibility index (Phi) is 8.27. The van der Waals surface area contributed by atoms with Crippen LogP contribution in [0.25, 0.3) is 0 Å². The number of aryl methyl sites for hydroxylation is 2. The molecule has 4 N–H and O–H groups in total. The van der Waals surface area contributed by atoms with Gasteiger partial charge in [0.05, 0.1) is 0 Å². The second-order valence-corrected chi connectivity index (χ2v) is 6.71. The molecule has 0 radical (unpaired) electrons. The average molecular weight is 367 g/mol. The molecule has 1 rings (SSSR count). The summed E-state index contributed by atoms with van der Waals surface area (Å²) in [6.45, 7) is 5.28. The number of nitrogens with one attached hydrogen (secondary N) is 2. The van der Waals surface area contributed by atoms with Gasteiger partial charge < -0.3 is 21.1 Å². The number of hydrogen-bond acceptors (Lipinski definition) is 5. The third kappa shape index (κ3) is 7.04. The molecule has 0 aliphatic carbocycles. The third-order valence-electron chi connectivity index (χ3n) is 3.52. The highest BCUT2D eigenvalue weighted by molar-refractivity contribution is 7.98. The zero-order valence-electron chi connectivity index (χ0n) is 14.9. The van der Waals surface area contributed by atoms with Crippen molar-refractivity contribution in [3.05, 3.63) is 29.3 Å². The van der Waals surface area contributed by atoms with Gasteiger partial charge in [0.2, 0.25) is 0 Å². The van der Waals surface area contributed by atoms with Crippen molar-refractivity contribution in [3.63, 3.8) is 0 Å². The normalized spacial score (nSPS) is 12.8. The molecule has 0 unspecified atom stereocenters. The molecule has 0 heterocycles. The topological polar surface area (TPSA) is 111 Å². The van der Waals surface area contributed by atoms with E-state index in [1.807, 2.05) is 38.3 Å². The molecule has 1 aromatic carbocycles. The van der Waals surface area contributed by atoms with E-state index in [4.69, 9.17) is 10.5 Å². The zero-order chi connectivity index (χ0) is 19.0. The average Bonchev–Trinajstić information content (AvgIpc) is 2.54. The van der Waals surface area contributed by atoms with Crippen molar-refractivity contribution in [1.82, 2.24) is 5.32 Å². The number of anilines is 1. The van der Waals surface area contributed by atoms with E-state index in [9.17, 15) is 14.4 Å². The highest BCUT2D eigenvalue weighted by atomic mass is 32.2. The van der Waals surface area contributed by atoms with Gasteiger partial charge in [0.1, 0.15) is 6.04 Å². The van der Waals surface area contributed by atoms with Crippen molar-refractivity contribution in [2.24, 2.45) is 5.73 Å². The van der Waals surface area contributed by atoms with E-state index in [1.165, 1.54) is 18.7 Å². The molecule has 0 aromatic heterocycles. The van der Waals surface area contributed by atoms with E-state index in [2.05, 4.69) is 10.6 Å². The second kappa shape index (κ2) is 9.93. The first-order valence-electron chi connectivity index (χ1n) is 7.88. The first kappa shape index (κ1) is 20.8. The minimum Gasteiger partial charge on any atom is -0.451 e. The molecular weight excluding hydrogens is 342 g/mol. The molecule has 8 heteroatoms. The maximum absolute atomic E-state index is 12.3. The maximum Gasteiger partial charge on any atom is 0.329 e. The minimum atomic E-state index is -1.00. The number of carbonyl (C=O) groups excluding carboxylic acids is 3. The van der Waals surface area contributed by atoms with Crippen LogP contribution in [0.3, 0.4) is 0 Å². The number of amides is 3. The lowest BCUT2D eigenvalue weighted by atomic mass is 10.1. The Hall–Kier alpha value is -2.22. The van der Waals surface area contributed by atoms with Crippen molar-refractivity contribution >= 4 is 35.4 Å². The molecule has 1 aromatic rings. The second-order valence-electron chi connectivity index (χ2n) is 5.73. The van der Waals surface area contributed by atoms with E-state index < -0.39 is 30.1 Å². The Labute approximate surface area is 152 Å². The Morgan fingerprint density at radius 3 is 2.56 bits per heavy atom. The Balaban J connectivity index is 2.69. The lowest BCUT2D eigenvalue weighted by Crippen LogP contribution is -2.46. The van der Waals surface area contributed by atoms with Crippen LogP contribution in [0, 0.1) is 13.8 Å². The lowest BCUT2D eigenvalue weighted by Gasteiger charge is -2.19. The molecule has 0 spiro atoms. The molecule has 0 aliphatic heterocycles. The summed E-state index contributed by atoms with van der Waals surface area (Å²) in [5, 5.41) is 5.09. The number of thioether (sulfide) groups is 1. The quantitative estimate of drug-likeness (QED) is 0.608. The van der Waals surface area contributed by atoms with Crippen LogP contribution in [0.5, 0.6) is 0 Å². The van der Waals surface area contributed by atoms with E-state index >= 15 is 0 Å². The molecule has 0 fully saturated rings. The first-order valence-corrected chi connectivity index (χ1v) is 9.27. The maximum atomic E-state index is 12.3. The summed E-state index contributed by atoms with van der Waals surface area (Å²) >= 11 is 1.53. The van der Waals surface area contributed by atoms with Crippen LogP contribution in [0.2, 0.25) is 0 Å². The Bertz CT molecular complexity index is 636. The molecule has 138 valence electrons. The number of nitrogens with two attached hydrogens (primary N) is 1. The van der Waals surface area contributed by atoms with Crippen LogP contribution in [0.1, 0.15) is 24.5 Å².